The number of nitrogens with zero attached hydrogens (tertiary/aromatic N) is 1. The van der Waals surface area contributed by atoms with E-state index < -0.39 is 11.9 Å². The molecule has 1 atom stereocenters. The summed E-state index contributed by atoms with van der Waals surface area (Å²) in [6, 6.07) is 12.0. The second-order valence-electron chi connectivity index (χ2n) is 7.44. The van der Waals surface area contributed by atoms with Gasteiger partial charge in [-0.3, -0.25) is 24.5 Å². The highest BCUT2D eigenvalue weighted by Gasteiger charge is 2.39. The molecule has 0 spiro atoms. The summed E-state index contributed by atoms with van der Waals surface area (Å²) in [5, 5.41) is 5.71. The molecular formula is C22H20ClN3O4. The van der Waals surface area contributed by atoms with E-state index in [0.717, 1.165) is 16.7 Å². The minimum Gasteiger partial charge on any atom is -0.352 e. The van der Waals surface area contributed by atoms with E-state index in [1.54, 1.807) is 18.2 Å². The van der Waals surface area contributed by atoms with Gasteiger partial charge in [0.05, 0.1) is 6.42 Å². The van der Waals surface area contributed by atoms with Crippen LogP contribution in [0.2, 0.25) is 5.02 Å². The summed E-state index contributed by atoms with van der Waals surface area (Å²) in [4.78, 5) is 49.9. The molecular weight excluding hydrogens is 406 g/mol. The lowest BCUT2D eigenvalue weighted by atomic mass is 10.0. The van der Waals surface area contributed by atoms with Gasteiger partial charge in [0, 0.05) is 30.1 Å². The number of carbonyl (C=O) groups excluding carboxylic acids is 4. The first-order chi connectivity index (χ1) is 14.4. The topological polar surface area (TPSA) is 95.6 Å². The maximum atomic E-state index is 12.7. The van der Waals surface area contributed by atoms with E-state index >= 15 is 0 Å². The van der Waals surface area contributed by atoms with Crippen LogP contribution in [0.5, 0.6) is 0 Å². The molecule has 8 heteroatoms. The Labute approximate surface area is 178 Å². The monoisotopic (exact) mass is 425 g/mol. The van der Waals surface area contributed by atoms with E-state index in [2.05, 4.69) is 10.6 Å². The molecule has 2 heterocycles. The van der Waals surface area contributed by atoms with Crippen molar-refractivity contribution in [1.82, 2.24) is 15.5 Å². The van der Waals surface area contributed by atoms with Crippen molar-refractivity contribution < 1.29 is 19.2 Å². The Balaban J connectivity index is 1.39. The average Bonchev–Trinajstić information content (AvgIpc) is 3.04. The number of amides is 4. The van der Waals surface area contributed by atoms with Gasteiger partial charge >= 0.3 is 0 Å². The molecule has 154 valence electrons. The number of benzene rings is 2. The van der Waals surface area contributed by atoms with Crippen LogP contribution in [0.15, 0.2) is 42.5 Å². The van der Waals surface area contributed by atoms with Crippen molar-refractivity contribution in [1.29, 1.82) is 0 Å². The molecule has 2 aliphatic rings. The standard InChI is InChI=1S/C22H20ClN3O4/c23-17-4-2-1-3-14(17)10-20(28)24-11-13-5-6-16-15(9-13)12-26(22(16)30)18-7-8-19(27)25-21(18)29/h1-6,9,18H,7-8,10-12H2,(H,24,28)(H,25,27,29). The maximum absolute atomic E-state index is 12.7. The number of hydrogen-bond acceptors (Lipinski definition) is 4. The lowest BCUT2D eigenvalue weighted by Crippen LogP contribution is -2.52. The van der Waals surface area contributed by atoms with E-state index in [-0.39, 0.29) is 30.6 Å². The molecule has 1 fully saturated rings. The predicted octanol–water partition coefficient (Wildman–Crippen LogP) is 1.96. The number of fused-ring (bicyclic) bond motifs is 1. The van der Waals surface area contributed by atoms with Crippen LogP contribution in [0.4, 0.5) is 0 Å². The first-order valence-electron chi connectivity index (χ1n) is 9.69. The number of piperidine rings is 1. The van der Waals surface area contributed by atoms with Crippen LogP contribution in [0.1, 0.15) is 39.9 Å². The van der Waals surface area contributed by atoms with Gasteiger partial charge in [0.2, 0.25) is 17.7 Å². The van der Waals surface area contributed by atoms with Crippen LogP contribution in [0.25, 0.3) is 0 Å². The van der Waals surface area contributed by atoms with Crippen molar-refractivity contribution in [2.24, 2.45) is 0 Å². The van der Waals surface area contributed by atoms with Crippen molar-refractivity contribution in [3.8, 4) is 0 Å². The summed E-state index contributed by atoms with van der Waals surface area (Å²) < 4.78 is 0. The molecule has 4 rings (SSSR count). The van der Waals surface area contributed by atoms with Gasteiger partial charge in [-0.1, -0.05) is 41.9 Å². The highest BCUT2D eigenvalue weighted by atomic mass is 35.5. The van der Waals surface area contributed by atoms with Crippen LogP contribution in [0.3, 0.4) is 0 Å². The third kappa shape index (κ3) is 4.07. The normalized spacial score (nSPS) is 18.2. The number of imide groups is 1. The molecule has 2 aliphatic heterocycles. The fraction of sp³-hybridized carbons (Fsp3) is 0.273. The fourth-order valence-electron chi connectivity index (χ4n) is 3.82. The largest absolute Gasteiger partial charge is 0.352 e. The number of hydrogen-bond donors (Lipinski definition) is 2. The van der Waals surface area contributed by atoms with Gasteiger partial charge in [-0.2, -0.15) is 0 Å². The lowest BCUT2D eigenvalue weighted by molar-refractivity contribution is -0.137. The van der Waals surface area contributed by atoms with E-state index in [1.807, 2.05) is 24.3 Å². The summed E-state index contributed by atoms with van der Waals surface area (Å²) in [5.41, 5.74) is 2.98. The maximum Gasteiger partial charge on any atom is 0.255 e. The van der Waals surface area contributed by atoms with E-state index in [4.69, 9.17) is 11.6 Å². The first kappa shape index (κ1) is 20.1. The van der Waals surface area contributed by atoms with E-state index in [1.165, 1.54) is 4.90 Å². The van der Waals surface area contributed by atoms with Crippen molar-refractivity contribution in [2.75, 3.05) is 0 Å². The molecule has 0 aromatic heterocycles. The molecule has 0 bridgehead atoms. The molecule has 1 saturated heterocycles. The number of halogens is 1. The summed E-state index contributed by atoms with van der Waals surface area (Å²) in [7, 11) is 0. The quantitative estimate of drug-likeness (QED) is 0.716. The first-order valence-corrected chi connectivity index (χ1v) is 10.1. The van der Waals surface area contributed by atoms with Crippen LogP contribution in [-0.2, 0) is 33.9 Å². The van der Waals surface area contributed by atoms with Gasteiger partial charge < -0.3 is 10.2 Å². The Morgan fingerprint density at radius 1 is 1.17 bits per heavy atom. The summed E-state index contributed by atoms with van der Waals surface area (Å²) in [6.07, 6.45) is 0.737. The third-order valence-electron chi connectivity index (χ3n) is 5.39. The summed E-state index contributed by atoms with van der Waals surface area (Å²) in [5.74, 6) is -1.10. The van der Waals surface area contributed by atoms with Gasteiger partial charge in [-0.05, 0) is 35.2 Å². The van der Waals surface area contributed by atoms with Crippen LogP contribution in [0, 0.1) is 0 Å². The highest BCUT2D eigenvalue weighted by Crippen LogP contribution is 2.28. The zero-order valence-corrected chi connectivity index (χ0v) is 16.9. The number of nitrogens with one attached hydrogen (secondary N) is 2. The molecule has 30 heavy (non-hydrogen) atoms. The Morgan fingerprint density at radius 2 is 1.97 bits per heavy atom. The van der Waals surface area contributed by atoms with Crippen LogP contribution < -0.4 is 10.6 Å². The van der Waals surface area contributed by atoms with E-state index in [0.29, 0.717) is 30.1 Å². The SMILES string of the molecule is O=C(Cc1ccccc1Cl)NCc1ccc2c(c1)CN(C1CCC(=O)NC1=O)C2=O. The second kappa shape index (κ2) is 8.28. The van der Waals surface area contributed by atoms with Crippen molar-refractivity contribution in [3.05, 3.63) is 69.7 Å². The van der Waals surface area contributed by atoms with E-state index in [9.17, 15) is 19.2 Å². The van der Waals surface area contributed by atoms with Gasteiger partial charge in [0.15, 0.2) is 0 Å². The summed E-state index contributed by atoms with van der Waals surface area (Å²) >= 11 is 6.10. The highest BCUT2D eigenvalue weighted by molar-refractivity contribution is 6.31. The van der Waals surface area contributed by atoms with Gasteiger partial charge in [-0.25, -0.2) is 0 Å². The molecule has 7 nitrogen and oxygen atoms in total. The van der Waals surface area contributed by atoms with Crippen LogP contribution in [-0.4, -0.2) is 34.6 Å². The molecule has 4 amide bonds. The lowest BCUT2D eigenvalue weighted by Gasteiger charge is -2.29. The third-order valence-corrected chi connectivity index (χ3v) is 5.76. The second-order valence-corrected chi connectivity index (χ2v) is 7.84. The molecule has 0 saturated carbocycles. The summed E-state index contributed by atoms with van der Waals surface area (Å²) in [6.45, 7) is 0.630. The van der Waals surface area contributed by atoms with Gasteiger partial charge in [0.1, 0.15) is 6.04 Å². The van der Waals surface area contributed by atoms with Crippen molar-refractivity contribution in [2.45, 2.75) is 38.4 Å². The van der Waals surface area contributed by atoms with Crippen molar-refractivity contribution in [3.63, 3.8) is 0 Å². The minimum absolute atomic E-state index is 0.148. The average molecular weight is 426 g/mol. The smallest absolute Gasteiger partial charge is 0.255 e. The molecule has 0 radical (unpaired) electrons. The molecule has 2 N–H and O–H groups in total. The number of carbonyl (C=O) groups is 4. The van der Waals surface area contributed by atoms with Gasteiger partial charge in [-0.15, -0.1) is 0 Å². The number of rotatable bonds is 5. The predicted molar refractivity (Wildman–Crippen MR) is 109 cm³/mol. The molecule has 2 aromatic carbocycles. The Bertz CT molecular complexity index is 1050. The van der Waals surface area contributed by atoms with Crippen molar-refractivity contribution >= 4 is 35.2 Å². The van der Waals surface area contributed by atoms with Crippen LogP contribution >= 0.6 is 11.6 Å². The Morgan fingerprint density at radius 3 is 2.73 bits per heavy atom. The Hall–Kier alpha value is -3.19. The minimum atomic E-state index is -0.638. The molecule has 2 aromatic rings. The Kier molecular flexibility index (Phi) is 5.55. The molecule has 1 unspecified atom stereocenters. The van der Waals surface area contributed by atoms with Gasteiger partial charge in [0.25, 0.3) is 5.91 Å². The zero-order chi connectivity index (χ0) is 21.3. The zero-order valence-electron chi connectivity index (χ0n) is 16.1. The fourth-order valence-corrected chi connectivity index (χ4v) is 4.02. The molecule has 0 aliphatic carbocycles.